The average Bonchev–Trinajstić information content (AvgIpc) is 3.00. The summed E-state index contributed by atoms with van der Waals surface area (Å²) < 4.78 is 8.84. The van der Waals surface area contributed by atoms with Crippen molar-refractivity contribution in [2.24, 2.45) is 4.99 Å². The predicted octanol–water partition coefficient (Wildman–Crippen LogP) is 5.10. The number of ether oxygens (including phenoxy) is 1. The van der Waals surface area contributed by atoms with E-state index in [2.05, 4.69) is 57.2 Å². The van der Waals surface area contributed by atoms with Crippen LogP contribution in [0.5, 0.6) is 0 Å². The number of pyridine rings is 1. The van der Waals surface area contributed by atoms with Crippen molar-refractivity contribution in [1.82, 2.24) is 14.5 Å². The third-order valence-corrected chi connectivity index (χ3v) is 6.29. The minimum absolute atomic E-state index is 0.540. The molecule has 0 fully saturated rings. The fraction of sp³-hybridized carbons (Fsp3) is 0.316. The number of benzene rings is 1. The molecule has 5 nitrogen and oxygen atoms in total. The minimum Gasteiger partial charge on any atom is -0.361 e. The molecular weight excluding hydrogens is 455 g/mol. The third kappa shape index (κ3) is 5.45. The normalized spacial score (nSPS) is 12.3. The van der Waals surface area contributed by atoms with Crippen LogP contribution in [0.4, 0.5) is 5.69 Å². The van der Waals surface area contributed by atoms with Crippen LogP contribution in [0, 0.1) is 3.70 Å². The molecule has 0 radical (unpaired) electrons. The average molecular weight is 478 g/mol. The number of hydrogen-bond donors (Lipinski definition) is 0. The van der Waals surface area contributed by atoms with E-state index in [1.54, 1.807) is 0 Å². The van der Waals surface area contributed by atoms with E-state index in [0.717, 1.165) is 32.6 Å². The van der Waals surface area contributed by atoms with Crippen LogP contribution in [0.2, 0.25) is 25.7 Å². The molecule has 136 valence electrons. The molecule has 0 aliphatic carbocycles. The molecule has 0 aliphatic rings. The first kappa shape index (κ1) is 19.2. The Hall–Kier alpha value is -1.58. The van der Waals surface area contributed by atoms with Crippen LogP contribution in [-0.2, 0) is 11.5 Å². The Morgan fingerprint density at radius 3 is 2.77 bits per heavy atom. The van der Waals surface area contributed by atoms with Crippen LogP contribution in [0.3, 0.4) is 0 Å². The van der Waals surface area contributed by atoms with Gasteiger partial charge in [-0.3, -0.25) is 4.99 Å². The van der Waals surface area contributed by atoms with Crippen molar-refractivity contribution in [2.45, 2.75) is 32.4 Å². The smallest absolute Gasteiger partial charge is 0.124 e. The van der Waals surface area contributed by atoms with E-state index in [9.17, 15) is 0 Å². The molecular formula is C19H23IN4OSi. The molecule has 2 aromatic heterocycles. The lowest BCUT2D eigenvalue weighted by Crippen LogP contribution is -2.21. The number of aliphatic imine (C=N–C) groups is 1. The summed E-state index contributed by atoms with van der Waals surface area (Å²) in [7, 11) is -1.05. The molecule has 7 heteroatoms. The standard InChI is InChI=1S/C19H23IN4OSi/c1-26(2,3)9-8-25-14-24-13-23-17-10-16(5-6-18(17)24)21-11-15-4-7-19(20)22-12-15/h4-7,10-13H,8-9,14H2,1-3H3/b21-11-. The Balaban J connectivity index is 1.65. The summed E-state index contributed by atoms with van der Waals surface area (Å²) in [6, 6.07) is 11.2. The zero-order valence-electron chi connectivity index (χ0n) is 15.3. The highest BCUT2D eigenvalue weighted by Crippen LogP contribution is 2.20. The van der Waals surface area contributed by atoms with E-state index in [4.69, 9.17) is 4.74 Å². The van der Waals surface area contributed by atoms with Gasteiger partial charge in [-0.15, -0.1) is 0 Å². The van der Waals surface area contributed by atoms with Gasteiger partial charge in [0.1, 0.15) is 10.4 Å². The molecule has 2 heterocycles. The lowest BCUT2D eigenvalue weighted by molar-refractivity contribution is 0.0898. The summed E-state index contributed by atoms with van der Waals surface area (Å²) in [5.74, 6) is 0. The van der Waals surface area contributed by atoms with Crippen molar-refractivity contribution in [2.75, 3.05) is 6.61 Å². The molecule has 3 aromatic rings. The number of rotatable bonds is 7. The first-order valence-corrected chi connectivity index (χ1v) is 13.4. The lowest BCUT2D eigenvalue weighted by Gasteiger charge is -2.15. The number of halogens is 1. The van der Waals surface area contributed by atoms with Crippen LogP contribution in [0.25, 0.3) is 11.0 Å². The van der Waals surface area contributed by atoms with Gasteiger partial charge in [0.25, 0.3) is 0 Å². The summed E-state index contributed by atoms with van der Waals surface area (Å²) in [5, 5.41) is 0. The van der Waals surface area contributed by atoms with Crippen LogP contribution in [0.15, 0.2) is 47.8 Å². The maximum atomic E-state index is 5.83. The van der Waals surface area contributed by atoms with E-state index < -0.39 is 8.07 Å². The minimum atomic E-state index is -1.05. The molecule has 26 heavy (non-hydrogen) atoms. The van der Waals surface area contributed by atoms with Gasteiger partial charge in [-0.05, 0) is 59.0 Å². The third-order valence-electron chi connectivity index (χ3n) is 3.94. The molecule has 3 rings (SSSR count). The second kappa shape index (κ2) is 8.41. The van der Waals surface area contributed by atoms with Crippen LogP contribution in [-0.4, -0.2) is 35.4 Å². The number of fused-ring (bicyclic) bond motifs is 1. The molecule has 0 atom stereocenters. The van der Waals surface area contributed by atoms with Crippen molar-refractivity contribution < 1.29 is 4.74 Å². The van der Waals surface area contributed by atoms with E-state index in [1.807, 2.05) is 53.6 Å². The van der Waals surface area contributed by atoms with Gasteiger partial charge < -0.3 is 9.30 Å². The highest BCUT2D eigenvalue weighted by molar-refractivity contribution is 14.1. The number of aromatic nitrogens is 3. The zero-order valence-corrected chi connectivity index (χ0v) is 18.5. The van der Waals surface area contributed by atoms with Crippen molar-refractivity contribution in [3.63, 3.8) is 0 Å². The van der Waals surface area contributed by atoms with Crippen molar-refractivity contribution >= 4 is 53.6 Å². The Bertz CT molecular complexity index is 900. The highest BCUT2D eigenvalue weighted by atomic mass is 127. The van der Waals surface area contributed by atoms with Gasteiger partial charge in [0, 0.05) is 32.7 Å². The molecule has 0 spiro atoms. The summed E-state index contributed by atoms with van der Waals surface area (Å²) >= 11 is 2.19. The van der Waals surface area contributed by atoms with Gasteiger partial charge in [-0.2, -0.15) is 0 Å². The second-order valence-corrected chi connectivity index (χ2v) is 14.1. The predicted molar refractivity (Wildman–Crippen MR) is 118 cm³/mol. The Kier molecular flexibility index (Phi) is 6.20. The molecule has 0 saturated heterocycles. The van der Waals surface area contributed by atoms with Gasteiger partial charge in [0.05, 0.1) is 23.0 Å². The van der Waals surface area contributed by atoms with Gasteiger partial charge in [0.2, 0.25) is 0 Å². The first-order chi connectivity index (χ1) is 12.4. The van der Waals surface area contributed by atoms with Crippen LogP contribution >= 0.6 is 22.6 Å². The summed E-state index contributed by atoms with van der Waals surface area (Å²) in [4.78, 5) is 13.3. The maximum absolute atomic E-state index is 5.83. The van der Waals surface area contributed by atoms with Crippen molar-refractivity contribution in [3.05, 3.63) is 52.1 Å². The SMILES string of the molecule is C[Si](C)(C)CCOCn1cnc2cc(/N=C\c3ccc(I)nc3)ccc21. The van der Waals surface area contributed by atoms with Gasteiger partial charge in [-0.1, -0.05) is 19.6 Å². The first-order valence-electron chi connectivity index (χ1n) is 8.59. The Morgan fingerprint density at radius 1 is 1.19 bits per heavy atom. The number of imidazole rings is 1. The second-order valence-electron chi connectivity index (χ2n) is 7.41. The molecule has 0 bridgehead atoms. The fourth-order valence-corrected chi connectivity index (χ4v) is 3.47. The van der Waals surface area contributed by atoms with E-state index in [0.29, 0.717) is 6.73 Å². The van der Waals surface area contributed by atoms with Crippen molar-refractivity contribution in [1.29, 1.82) is 0 Å². The summed E-state index contributed by atoms with van der Waals surface area (Å²) in [6.45, 7) is 8.42. The summed E-state index contributed by atoms with van der Waals surface area (Å²) in [5.41, 5.74) is 3.84. The van der Waals surface area contributed by atoms with E-state index in [-0.39, 0.29) is 0 Å². The van der Waals surface area contributed by atoms with E-state index in [1.165, 1.54) is 6.04 Å². The highest BCUT2D eigenvalue weighted by Gasteiger charge is 2.12. The monoisotopic (exact) mass is 478 g/mol. The molecule has 0 N–H and O–H groups in total. The topological polar surface area (TPSA) is 52.3 Å². The zero-order chi connectivity index (χ0) is 18.6. The van der Waals surface area contributed by atoms with Gasteiger partial charge in [-0.25, -0.2) is 9.97 Å². The number of nitrogens with zero attached hydrogens (tertiary/aromatic N) is 4. The summed E-state index contributed by atoms with van der Waals surface area (Å²) in [6.07, 6.45) is 5.47. The quantitative estimate of drug-likeness (QED) is 0.156. The Morgan fingerprint density at radius 2 is 2.04 bits per heavy atom. The fourth-order valence-electron chi connectivity index (χ4n) is 2.39. The molecule has 0 aliphatic heterocycles. The van der Waals surface area contributed by atoms with Crippen LogP contribution in [0.1, 0.15) is 5.56 Å². The maximum Gasteiger partial charge on any atom is 0.124 e. The Labute approximate surface area is 168 Å². The molecule has 0 unspecified atom stereocenters. The van der Waals surface area contributed by atoms with Gasteiger partial charge in [0.15, 0.2) is 0 Å². The lowest BCUT2D eigenvalue weighted by atomic mass is 10.2. The molecule has 0 saturated carbocycles. The molecule has 0 amide bonds. The molecule has 1 aromatic carbocycles. The largest absolute Gasteiger partial charge is 0.361 e. The van der Waals surface area contributed by atoms with Crippen LogP contribution < -0.4 is 0 Å². The van der Waals surface area contributed by atoms with E-state index >= 15 is 0 Å². The van der Waals surface area contributed by atoms with Gasteiger partial charge >= 0.3 is 0 Å². The number of hydrogen-bond acceptors (Lipinski definition) is 4. The van der Waals surface area contributed by atoms with Crippen molar-refractivity contribution in [3.8, 4) is 0 Å².